The van der Waals surface area contributed by atoms with E-state index >= 15 is 0 Å². The van der Waals surface area contributed by atoms with Crippen LogP contribution in [0.2, 0.25) is 0 Å². The van der Waals surface area contributed by atoms with E-state index in [9.17, 15) is 26.3 Å². The molecule has 0 aliphatic heterocycles. The van der Waals surface area contributed by atoms with Gasteiger partial charge in [-0.3, -0.25) is 0 Å². The third kappa shape index (κ3) is 26.5. The lowest BCUT2D eigenvalue weighted by atomic mass is 9.92. The van der Waals surface area contributed by atoms with Crippen LogP contribution >= 0.6 is 0 Å². The molecule has 126 heavy (non-hydrogen) atoms. The Labute approximate surface area is 742 Å². The fourth-order valence-corrected chi connectivity index (χ4v) is 14.1. The van der Waals surface area contributed by atoms with Crippen LogP contribution in [0.15, 0.2) is 425 Å². The normalized spacial score (nSPS) is 10.3. The highest BCUT2D eigenvalue weighted by Crippen LogP contribution is 2.35. The molecule has 0 spiro atoms. The van der Waals surface area contributed by atoms with Crippen LogP contribution in [0, 0.1) is 118 Å². The molecule has 0 bridgehead atoms. The van der Waals surface area contributed by atoms with Crippen molar-refractivity contribution < 1.29 is 26.3 Å². The zero-order valence-corrected chi connectivity index (χ0v) is 73.7. The minimum absolute atomic E-state index is 0.0645. The highest BCUT2D eigenvalue weighted by atomic mass is 19.1. The van der Waals surface area contributed by atoms with Gasteiger partial charge in [0.2, 0.25) is 0 Å². The summed E-state index contributed by atoms with van der Waals surface area (Å²) in [4.78, 5) is 0. The molecule has 6 heteroatoms. The lowest BCUT2D eigenvalue weighted by Crippen LogP contribution is -1.90. The van der Waals surface area contributed by atoms with Crippen molar-refractivity contribution >= 4 is 0 Å². The number of halogens is 6. The second-order valence-electron chi connectivity index (χ2n) is 31.3. The minimum Gasteiger partial charge on any atom is -0.207 e. The molecule has 0 N–H and O–H groups in total. The topological polar surface area (TPSA) is 0 Å². The van der Waals surface area contributed by atoms with Crippen LogP contribution < -0.4 is 0 Å². The fourth-order valence-electron chi connectivity index (χ4n) is 14.1. The minimum atomic E-state index is -0.506. The van der Waals surface area contributed by atoms with E-state index in [1.165, 1.54) is 120 Å². The number of hydrogen-bond acceptors (Lipinski definition) is 0. The second-order valence-corrected chi connectivity index (χ2v) is 31.3. The summed E-state index contributed by atoms with van der Waals surface area (Å²) in [7, 11) is 0. The van der Waals surface area contributed by atoms with Crippen molar-refractivity contribution in [3.63, 3.8) is 0 Å². The standard InChI is InChI=1S/C20H18.C19H15F.C15H16.C14H14.C13H10F2.3C13H11F/c1-15-13-19(17-9-5-3-6-10-17)14-20(16(15)2)18-11-7-4-8-12-18;1-14-18(16-10-6-3-7-11-16)12-17(13-19(14)20)15-8-4-2-5-9-15;1-11-9-15(10-12(2)13(11)3)14-7-5-4-6-8-14;1-11-8-9-14(10-12(11)2)13-6-4-3-5-7-13;1-9-12(14)7-11(8-13(9)15)10-5-3-2-4-6-10;1-10-2-4-11(5-3-10)12-6-8-13(14)9-7-12;1-10-7-8-12(9-13(10)14)11-5-3-2-4-6-11;1-10-7-8-12(13(14)9-10)11-5-3-2-4-6-11/h3-14H,1-2H3;2-13H,1H3;4-10H,1-3H3;3-10H,1-2H3;2-8H,1H3;3*2-9H,1H3. The van der Waals surface area contributed by atoms with Gasteiger partial charge >= 0.3 is 0 Å². The summed E-state index contributed by atoms with van der Waals surface area (Å²) >= 11 is 0. The Morgan fingerprint density at radius 3 is 0.746 bits per heavy atom. The van der Waals surface area contributed by atoms with Crippen molar-refractivity contribution in [3.05, 3.63) is 526 Å². The molecular weight excluding hydrogens is 1560 g/mol. The largest absolute Gasteiger partial charge is 0.207 e. The van der Waals surface area contributed by atoms with Gasteiger partial charge in [-0.1, -0.05) is 376 Å². The van der Waals surface area contributed by atoms with E-state index < -0.39 is 11.6 Å². The van der Waals surface area contributed by atoms with Gasteiger partial charge in [0.15, 0.2) is 0 Å². The van der Waals surface area contributed by atoms with Gasteiger partial charge in [0.05, 0.1) is 0 Å². The van der Waals surface area contributed by atoms with Crippen LogP contribution in [0.4, 0.5) is 26.3 Å². The summed E-state index contributed by atoms with van der Waals surface area (Å²) in [6.07, 6.45) is 0. The summed E-state index contributed by atoms with van der Waals surface area (Å²) in [6.45, 7) is 24.2. The van der Waals surface area contributed by atoms with Gasteiger partial charge in [0.25, 0.3) is 0 Å². The van der Waals surface area contributed by atoms with Crippen molar-refractivity contribution in [3.8, 4) is 111 Å². The van der Waals surface area contributed by atoms with Crippen molar-refractivity contribution in [1.82, 2.24) is 0 Å². The molecule has 0 aliphatic rings. The van der Waals surface area contributed by atoms with Crippen molar-refractivity contribution in [2.24, 2.45) is 0 Å². The predicted octanol–water partition coefficient (Wildman–Crippen LogP) is 34.7. The van der Waals surface area contributed by atoms with Crippen molar-refractivity contribution in [2.45, 2.75) is 83.1 Å². The smallest absolute Gasteiger partial charge is 0.131 e. The fraction of sp³-hybridized carbons (Fsp3) is 0.100. The zero-order chi connectivity index (χ0) is 89.4. The second kappa shape index (κ2) is 46.1. The van der Waals surface area contributed by atoms with E-state index in [-0.39, 0.29) is 28.8 Å². The third-order valence-corrected chi connectivity index (χ3v) is 22.1. The van der Waals surface area contributed by atoms with E-state index in [1.54, 1.807) is 43.3 Å². The Bertz CT molecular complexity index is 6040. The average molecular weight is 1660 g/mol. The maximum Gasteiger partial charge on any atom is 0.131 e. The zero-order valence-electron chi connectivity index (χ0n) is 73.7. The lowest BCUT2D eigenvalue weighted by molar-refractivity contribution is 0.569. The van der Waals surface area contributed by atoms with Gasteiger partial charge in [-0.05, 0) is 299 Å². The van der Waals surface area contributed by atoms with Crippen LogP contribution in [0.3, 0.4) is 0 Å². The molecule has 0 heterocycles. The van der Waals surface area contributed by atoms with Crippen LogP contribution in [-0.2, 0) is 0 Å². The van der Waals surface area contributed by atoms with E-state index in [1.807, 2.05) is 202 Å². The summed E-state index contributed by atoms with van der Waals surface area (Å²) in [6, 6.07) is 138. The Morgan fingerprint density at radius 1 is 0.127 bits per heavy atom. The number of aryl methyl sites for hydroxylation is 8. The quantitative estimate of drug-likeness (QED) is 0.120. The highest BCUT2D eigenvalue weighted by Gasteiger charge is 2.14. The molecule has 628 valence electrons. The van der Waals surface area contributed by atoms with Gasteiger partial charge in [-0.25, -0.2) is 26.3 Å². The summed E-state index contributed by atoms with van der Waals surface area (Å²) in [5.41, 5.74) is 34.6. The van der Waals surface area contributed by atoms with E-state index in [2.05, 4.69) is 231 Å². The highest BCUT2D eigenvalue weighted by molar-refractivity contribution is 5.79. The molecule has 0 saturated heterocycles. The van der Waals surface area contributed by atoms with Gasteiger partial charge < -0.3 is 0 Å². The molecule has 18 aromatic rings. The van der Waals surface area contributed by atoms with Gasteiger partial charge in [-0.2, -0.15) is 0 Å². The summed E-state index contributed by atoms with van der Waals surface area (Å²) in [5, 5.41) is 0. The molecule has 0 saturated carbocycles. The number of benzene rings is 18. The molecule has 0 unspecified atom stereocenters. The molecular formula is C120H106F6. The first kappa shape index (κ1) is 92.3. The molecule has 0 nitrogen and oxygen atoms in total. The van der Waals surface area contributed by atoms with Crippen LogP contribution in [-0.4, -0.2) is 0 Å². The SMILES string of the molecule is Cc1c(F)cc(-c2ccccc2)cc1-c1ccccc1.Cc1c(F)cc(-c2ccccc2)cc1F.Cc1cc(-c2ccccc2)cc(-c2ccccc2)c1C.Cc1cc(-c2ccccc2)cc(C)c1C.Cc1ccc(-c2ccc(F)cc2)cc1.Cc1ccc(-c2ccccc2)c(F)c1.Cc1ccc(-c2ccccc2)cc1C.Cc1ccc(-c2ccccc2)cc1F. The van der Waals surface area contributed by atoms with Crippen molar-refractivity contribution in [1.29, 1.82) is 0 Å². The Balaban J connectivity index is 0.000000140. The molecule has 18 aromatic carbocycles. The summed E-state index contributed by atoms with van der Waals surface area (Å²) in [5.74, 6) is -1.67. The van der Waals surface area contributed by atoms with Crippen LogP contribution in [0.25, 0.3) is 111 Å². The van der Waals surface area contributed by atoms with Gasteiger partial charge in [0.1, 0.15) is 34.9 Å². The maximum atomic E-state index is 14.2. The molecule has 0 aliphatic carbocycles. The van der Waals surface area contributed by atoms with Crippen molar-refractivity contribution in [2.75, 3.05) is 0 Å². The predicted molar refractivity (Wildman–Crippen MR) is 522 cm³/mol. The lowest BCUT2D eigenvalue weighted by Gasteiger charge is -2.13. The first-order valence-corrected chi connectivity index (χ1v) is 42.3. The molecule has 0 atom stereocenters. The number of hydrogen-bond donors (Lipinski definition) is 0. The molecule has 0 amide bonds. The van der Waals surface area contributed by atoms with E-state index in [0.29, 0.717) is 22.3 Å². The van der Waals surface area contributed by atoms with Gasteiger partial charge in [0, 0.05) is 11.1 Å². The van der Waals surface area contributed by atoms with Crippen LogP contribution in [0.5, 0.6) is 0 Å². The molecule has 0 aromatic heterocycles. The number of rotatable bonds is 10. The van der Waals surface area contributed by atoms with Gasteiger partial charge in [-0.15, -0.1) is 0 Å². The first-order valence-electron chi connectivity index (χ1n) is 42.3. The average Bonchev–Trinajstić information content (AvgIpc) is 0.805. The first-order chi connectivity index (χ1) is 60.9. The Kier molecular flexibility index (Phi) is 33.8. The van der Waals surface area contributed by atoms with E-state index in [0.717, 1.165) is 61.2 Å². The van der Waals surface area contributed by atoms with E-state index in [4.69, 9.17) is 0 Å². The Hall–Kier alpha value is -14.5. The van der Waals surface area contributed by atoms with Crippen LogP contribution in [0.1, 0.15) is 66.8 Å². The molecule has 0 fully saturated rings. The third-order valence-electron chi connectivity index (χ3n) is 22.1. The monoisotopic (exact) mass is 1660 g/mol. The molecule has 18 rings (SSSR count). The maximum absolute atomic E-state index is 14.2. The molecule has 0 radical (unpaired) electrons. The summed E-state index contributed by atoms with van der Waals surface area (Å²) < 4.78 is 80.2. The Morgan fingerprint density at radius 2 is 0.381 bits per heavy atom.